The summed E-state index contributed by atoms with van der Waals surface area (Å²) in [7, 11) is 1.91. The van der Waals surface area contributed by atoms with Crippen molar-refractivity contribution in [3.05, 3.63) is 41.2 Å². The number of hydrogen-bond donors (Lipinski definition) is 1. The molecule has 4 nitrogen and oxygen atoms in total. The molecule has 17 heavy (non-hydrogen) atoms. The Morgan fingerprint density at radius 2 is 2.35 bits per heavy atom. The van der Waals surface area contributed by atoms with Crippen LogP contribution in [0.1, 0.15) is 10.8 Å². The lowest BCUT2D eigenvalue weighted by Crippen LogP contribution is -2.10. The van der Waals surface area contributed by atoms with Gasteiger partial charge in [0.05, 0.1) is 0 Å². The molecule has 1 heterocycles. The molecule has 1 unspecified atom stereocenters. The molecule has 1 aromatic heterocycles. The Morgan fingerprint density at radius 3 is 2.94 bits per heavy atom. The SMILES string of the molecule is Cn1cnnc1SC(CN)c1cccc(Cl)c1. The van der Waals surface area contributed by atoms with Crippen LogP contribution in [0.15, 0.2) is 35.7 Å². The van der Waals surface area contributed by atoms with E-state index in [1.54, 1.807) is 18.1 Å². The second kappa shape index (κ2) is 5.53. The Morgan fingerprint density at radius 1 is 1.53 bits per heavy atom. The van der Waals surface area contributed by atoms with Crippen LogP contribution in [0, 0.1) is 0 Å². The lowest BCUT2D eigenvalue weighted by molar-refractivity contribution is 0.781. The molecule has 2 rings (SSSR count). The van der Waals surface area contributed by atoms with Crippen molar-refractivity contribution in [3.8, 4) is 0 Å². The van der Waals surface area contributed by atoms with Gasteiger partial charge in [-0.15, -0.1) is 10.2 Å². The summed E-state index contributed by atoms with van der Waals surface area (Å²) in [5.74, 6) is 0. The zero-order valence-electron chi connectivity index (χ0n) is 9.38. The Hall–Kier alpha value is -1.04. The molecule has 0 saturated carbocycles. The molecular weight excluding hydrogens is 256 g/mol. The highest BCUT2D eigenvalue weighted by molar-refractivity contribution is 7.99. The van der Waals surface area contributed by atoms with Gasteiger partial charge in [0, 0.05) is 23.9 Å². The minimum absolute atomic E-state index is 0.136. The number of rotatable bonds is 4. The largest absolute Gasteiger partial charge is 0.329 e. The summed E-state index contributed by atoms with van der Waals surface area (Å²) < 4.78 is 1.87. The van der Waals surface area contributed by atoms with E-state index < -0.39 is 0 Å². The van der Waals surface area contributed by atoms with Crippen molar-refractivity contribution in [2.45, 2.75) is 10.4 Å². The van der Waals surface area contributed by atoms with E-state index in [1.807, 2.05) is 35.9 Å². The predicted octanol–water partition coefficient (Wildman–Crippen LogP) is 2.26. The highest BCUT2D eigenvalue weighted by Crippen LogP contribution is 2.33. The minimum Gasteiger partial charge on any atom is -0.329 e. The van der Waals surface area contributed by atoms with E-state index in [1.165, 1.54) is 0 Å². The van der Waals surface area contributed by atoms with E-state index in [4.69, 9.17) is 17.3 Å². The third-order valence-corrected chi connectivity index (χ3v) is 3.92. The molecule has 90 valence electrons. The maximum atomic E-state index is 5.98. The van der Waals surface area contributed by atoms with Crippen LogP contribution >= 0.6 is 23.4 Å². The summed E-state index contributed by atoms with van der Waals surface area (Å²) in [6, 6.07) is 7.73. The van der Waals surface area contributed by atoms with Crippen LogP contribution in [0.25, 0.3) is 0 Å². The number of halogens is 1. The number of thioether (sulfide) groups is 1. The van der Waals surface area contributed by atoms with Gasteiger partial charge < -0.3 is 10.3 Å². The quantitative estimate of drug-likeness (QED) is 0.865. The Kier molecular flexibility index (Phi) is 4.04. The van der Waals surface area contributed by atoms with E-state index in [-0.39, 0.29) is 5.25 Å². The Labute approximate surface area is 109 Å². The van der Waals surface area contributed by atoms with Gasteiger partial charge in [0.1, 0.15) is 6.33 Å². The molecule has 0 aliphatic rings. The van der Waals surface area contributed by atoms with Gasteiger partial charge in [0.15, 0.2) is 5.16 Å². The van der Waals surface area contributed by atoms with Crippen LogP contribution in [0.2, 0.25) is 5.02 Å². The van der Waals surface area contributed by atoms with Crippen molar-refractivity contribution in [3.63, 3.8) is 0 Å². The van der Waals surface area contributed by atoms with Gasteiger partial charge in [-0.05, 0) is 17.7 Å². The fraction of sp³-hybridized carbons (Fsp3) is 0.273. The summed E-state index contributed by atoms with van der Waals surface area (Å²) in [5, 5.41) is 9.59. The summed E-state index contributed by atoms with van der Waals surface area (Å²) in [6.45, 7) is 0.526. The molecule has 6 heteroatoms. The lowest BCUT2D eigenvalue weighted by atomic mass is 10.1. The highest BCUT2D eigenvalue weighted by atomic mass is 35.5. The average Bonchev–Trinajstić information content (AvgIpc) is 2.71. The summed E-state index contributed by atoms with van der Waals surface area (Å²) in [6.07, 6.45) is 1.67. The van der Waals surface area contributed by atoms with Crippen LogP contribution in [0.5, 0.6) is 0 Å². The van der Waals surface area contributed by atoms with E-state index in [2.05, 4.69) is 10.2 Å². The molecule has 1 atom stereocenters. The first kappa shape index (κ1) is 12.4. The number of nitrogens with two attached hydrogens (primary N) is 1. The summed E-state index contributed by atoms with van der Waals surface area (Å²) in [4.78, 5) is 0. The van der Waals surface area contributed by atoms with Crippen molar-refractivity contribution in [2.75, 3.05) is 6.54 Å². The van der Waals surface area contributed by atoms with Crippen LogP contribution < -0.4 is 5.73 Å². The van der Waals surface area contributed by atoms with Gasteiger partial charge in [-0.25, -0.2) is 0 Å². The molecule has 0 spiro atoms. The van der Waals surface area contributed by atoms with Crippen molar-refractivity contribution in [2.24, 2.45) is 12.8 Å². The van der Waals surface area contributed by atoms with Crippen LogP contribution in [0.4, 0.5) is 0 Å². The number of nitrogens with zero attached hydrogens (tertiary/aromatic N) is 3. The molecule has 0 radical (unpaired) electrons. The number of benzene rings is 1. The van der Waals surface area contributed by atoms with E-state index in [0.717, 1.165) is 15.7 Å². The maximum Gasteiger partial charge on any atom is 0.191 e. The highest BCUT2D eigenvalue weighted by Gasteiger charge is 2.14. The van der Waals surface area contributed by atoms with Gasteiger partial charge in [0.2, 0.25) is 0 Å². The molecule has 1 aromatic carbocycles. The topological polar surface area (TPSA) is 56.7 Å². The van der Waals surface area contributed by atoms with Crippen molar-refractivity contribution in [1.82, 2.24) is 14.8 Å². The van der Waals surface area contributed by atoms with Gasteiger partial charge >= 0.3 is 0 Å². The zero-order chi connectivity index (χ0) is 12.3. The van der Waals surface area contributed by atoms with Crippen molar-refractivity contribution >= 4 is 23.4 Å². The molecule has 0 aliphatic heterocycles. The Balaban J connectivity index is 2.20. The van der Waals surface area contributed by atoms with Crippen molar-refractivity contribution < 1.29 is 0 Å². The lowest BCUT2D eigenvalue weighted by Gasteiger charge is -2.14. The Bertz CT molecular complexity index is 500. The minimum atomic E-state index is 0.136. The predicted molar refractivity (Wildman–Crippen MR) is 70.1 cm³/mol. The first-order valence-electron chi connectivity index (χ1n) is 5.17. The molecule has 0 bridgehead atoms. The monoisotopic (exact) mass is 268 g/mol. The number of aromatic nitrogens is 3. The van der Waals surface area contributed by atoms with E-state index in [9.17, 15) is 0 Å². The molecule has 0 saturated heterocycles. The second-order valence-corrected chi connectivity index (χ2v) is 5.23. The van der Waals surface area contributed by atoms with Gasteiger partial charge in [-0.2, -0.15) is 0 Å². The molecule has 2 N–H and O–H groups in total. The number of aryl methyl sites for hydroxylation is 1. The van der Waals surface area contributed by atoms with Crippen LogP contribution in [-0.2, 0) is 7.05 Å². The van der Waals surface area contributed by atoms with Gasteiger partial charge in [-0.1, -0.05) is 35.5 Å². The standard InChI is InChI=1S/C11H13ClN4S/c1-16-7-14-15-11(16)17-10(6-13)8-3-2-4-9(12)5-8/h2-5,7,10H,6,13H2,1H3. The first-order chi connectivity index (χ1) is 8.20. The van der Waals surface area contributed by atoms with Crippen molar-refractivity contribution in [1.29, 1.82) is 0 Å². The molecule has 0 amide bonds. The third-order valence-electron chi connectivity index (χ3n) is 2.35. The number of hydrogen-bond acceptors (Lipinski definition) is 4. The van der Waals surface area contributed by atoms with Crippen LogP contribution in [-0.4, -0.2) is 21.3 Å². The fourth-order valence-electron chi connectivity index (χ4n) is 1.47. The summed E-state index contributed by atoms with van der Waals surface area (Å²) in [5.41, 5.74) is 6.90. The smallest absolute Gasteiger partial charge is 0.191 e. The first-order valence-corrected chi connectivity index (χ1v) is 6.42. The second-order valence-electron chi connectivity index (χ2n) is 3.62. The fourth-order valence-corrected chi connectivity index (χ4v) is 2.61. The van der Waals surface area contributed by atoms with Crippen LogP contribution in [0.3, 0.4) is 0 Å². The summed E-state index contributed by atoms with van der Waals surface area (Å²) >= 11 is 7.57. The average molecular weight is 269 g/mol. The molecule has 0 fully saturated rings. The van der Waals surface area contributed by atoms with Gasteiger partial charge in [-0.3, -0.25) is 0 Å². The normalized spacial score (nSPS) is 12.6. The molecular formula is C11H13ClN4S. The molecule has 2 aromatic rings. The zero-order valence-corrected chi connectivity index (χ0v) is 10.9. The van der Waals surface area contributed by atoms with E-state index >= 15 is 0 Å². The third kappa shape index (κ3) is 3.00. The maximum absolute atomic E-state index is 5.98. The van der Waals surface area contributed by atoms with Gasteiger partial charge in [0.25, 0.3) is 0 Å². The van der Waals surface area contributed by atoms with E-state index in [0.29, 0.717) is 6.54 Å². The molecule has 0 aliphatic carbocycles.